The van der Waals surface area contributed by atoms with Gasteiger partial charge in [0.1, 0.15) is 5.82 Å². The standard InChI is InChI=1S/C14H19BrFNO/c1-10(2)9-18-7-6-17-11(3)13-5-4-12(16)8-14(13)15/h4-5,8,11,17H,1,6-7,9H2,2-3H3. The third-order valence-corrected chi connectivity index (χ3v) is 3.16. The second kappa shape index (κ2) is 7.67. The smallest absolute Gasteiger partial charge is 0.124 e. The van der Waals surface area contributed by atoms with E-state index in [0.717, 1.165) is 22.2 Å². The minimum absolute atomic E-state index is 0.147. The van der Waals surface area contributed by atoms with E-state index in [9.17, 15) is 4.39 Å². The molecule has 0 spiro atoms. The second-order valence-corrected chi connectivity index (χ2v) is 5.21. The van der Waals surface area contributed by atoms with Crippen LogP contribution in [0.25, 0.3) is 0 Å². The summed E-state index contributed by atoms with van der Waals surface area (Å²) in [5.41, 5.74) is 2.06. The maximum absolute atomic E-state index is 13.0. The van der Waals surface area contributed by atoms with E-state index in [4.69, 9.17) is 4.74 Å². The largest absolute Gasteiger partial charge is 0.376 e. The lowest BCUT2D eigenvalue weighted by Gasteiger charge is -2.16. The van der Waals surface area contributed by atoms with Crippen molar-refractivity contribution in [2.45, 2.75) is 19.9 Å². The Labute approximate surface area is 116 Å². The fraction of sp³-hybridized carbons (Fsp3) is 0.429. The molecule has 1 aromatic carbocycles. The number of rotatable bonds is 7. The van der Waals surface area contributed by atoms with E-state index in [2.05, 4.69) is 27.8 Å². The van der Waals surface area contributed by atoms with Crippen LogP contribution in [-0.4, -0.2) is 19.8 Å². The highest BCUT2D eigenvalue weighted by Gasteiger charge is 2.09. The quantitative estimate of drug-likeness (QED) is 0.610. The Morgan fingerprint density at radius 2 is 2.28 bits per heavy atom. The van der Waals surface area contributed by atoms with E-state index in [0.29, 0.717) is 13.2 Å². The van der Waals surface area contributed by atoms with Gasteiger partial charge in [-0.1, -0.05) is 34.1 Å². The highest BCUT2D eigenvalue weighted by Crippen LogP contribution is 2.23. The van der Waals surface area contributed by atoms with Gasteiger partial charge in [0.2, 0.25) is 0 Å². The average molecular weight is 316 g/mol. The van der Waals surface area contributed by atoms with Gasteiger partial charge in [-0.2, -0.15) is 0 Å². The molecule has 0 saturated carbocycles. The van der Waals surface area contributed by atoms with Crippen LogP contribution in [-0.2, 0) is 4.74 Å². The predicted octanol–water partition coefficient (Wildman–Crippen LogP) is 3.83. The van der Waals surface area contributed by atoms with E-state index >= 15 is 0 Å². The lowest BCUT2D eigenvalue weighted by molar-refractivity contribution is 0.156. The van der Waals surface area contributed by atoms with Crippen LogP contribution in [0.4, 0.5) is 4.39 Å². The molecule has 0 aromatic heterocycles. The summed E-state index contributed by atoms with van der Waals surface area (Å²) in [7, 11) is 0. The summed E-state index contributed by atoms with van der Waals surface area (Å²) in [4.78, 5) is 0. The molecule has 0 bridgehead atoms. The van der Waals surface area contributed by atoms with Gasteiger partial charge in [0.15, 0.2) is 0 Å². The number of halogens is 2. The Balaban J connectivity index is 2.36. The van der Waals surface area contributed by atoms with Crippen LogP contribution in [0.5, 0.6) is 0 Å². The molecule has 1 rings (SSSR count). The van der Waals surface area contributed by atoms with Gasteiger partial charge in [-0.05, 0) is 31.5 Å². The van der Waals surface area contributed by atoms with Crippen molar-refractivity contribution in [2.24, 2.45) is 0 Å². The molecule has 18 heavy (non-hydrogen) atoms. The lowest BCUT2D eigenvalue weighted by atomic mass is 10.1. The van der Waals surface area contributed by atoms with Crippen molar-refractivity contribution in [3.63, 3.8) is 0 Å². The van der Waals surface area contributed by atoms with Gasteiger partial charge in [-0.3, -0.25) is 0 Å². The van der Waals surface area contributed by atoms with Crippen molar-refractivity contribution in [3.05, 3.63) is 46.2 Å². The topological polar surface area (TPSA) is 21.3 Å². The van der Waals surface area contributed by atoms with Crippen LogP contribution >= 0.6 is 15.9 Å². The van der Waals surface area contributed by atoms with Gasteiger partial charge in [-0.25, -0.2) is 4.39 Å². The molecule has 0 amide bonds. The number of benzene rings is 1. The lowest BCUT2D eigenvalue weighted by Crippen LogP contribution is -2.23. The number of ether oxygens (including phenoxy) is 1. The molecule has 4 heteroatoms. The first-order valence-corrected chi connectivity index (χ1v) is 6.70. The fourth-order valence-electron chi connectivity index (χ4n) is 1.56. The van der Waals surface area contributed by atoms with E-state index in [-0.39, 0.29) is 11.9 Å². The summed E-state index contributed by atoms with van der Waals surface area (Å²) in [5, 5.41) is 3.33. The number of hydrogen-bond acceptors (Lipinski definition) is 2. The molecular weight excluding hydrogens is 297 g/mol. The summed E-state index contributed by atoms with van der Waals surface area (Å²) >= 11 is 3.37. The second-order valence-electron chi connectivity index (χ2n) is 4.35. The highest BCUT2D eigenvalue weighted by atomic mass is 79.9. The molecule has 1 unspecified atom stereocenters. The Morgan fingerprint density at radius 3 is 2.89 bits per heavy atom. The van der Waals surface area contributed by atoms with Gasteiger partial charge < -0.3 is 10.1 Å². The van der Waals surface area contributed by atoms with Crippen molar-refractivity contribution < 1.29 is 9.13 Å². The average Bonchev–Trinajstić information content (AvgIpc) is 2.27. The summed E-state index contributed by atoms with van der Waals surface area (Å²) in [6, 6.07) is 4.88. The molecular formula is C14H19BrFNO. The molecule has 1 N–H and O–H groups in total. The zero-order chi connectivity index (χ0) is 13.5. The molecule has 0 aliphatic heterocycles. The zero-order valence-electron chi connectivity index (χ0n) is 10.8. The van der Waals surface area contributed by atoms with Gasteiger partial charge in [-0.15, -0.1) is 0 Å². The van der Waals surface area contributed by atoms with E-state index < -0.39 is 0 Å². The predicted molar refractivity (Wildman–Crippen MR) is 76.2 cm³/mol. The molecule has 1 atom stereocenters. The third-order valence-electron chi connectivity index (χ3n) is 2.47. The Morgan fingerprint density at radius 1 is 1.56 bits per heavy atom. The molecule has 0 heterocycles. The summed E-state index contributed by atoms with van der Waals surface area (Å²) in [6.45, 7) is 9.72. The molecule has 1 aromatic rings. The van der Waals surface area contributed by atoms with Gasteiger partial charge in [0, 0.05) is 17.1 Å². The number of nitrogens with one attached hydrogen (secondary N) is 1. The first-order valence-electron chi connectivity index (χ1n) is 5.91. The Kier molecular flexibility index (Phi) is 6.54. The summed E-state index contributed by atoms with van der Waals surface area (Å²) in [6.07, 6.45) is 0. The minimum atomic E-state index is -0.234. The molecule has 2 nitrogen and oxygen atoms in total. The first-order chi connectivity index (χ1) is 8.50. The van der Waals surface area contributed by atoms with E-state index in [1.165, 1.54) is 12.1 Å². The fourth-order valence-corrected chi connectivity index (χ4v) is 2.25. The maximum atomic E-state index is 13.0. The van der Waals surface area contributed by atoms with Gasteiger partial charge in [0.25, 0.3) is 0 Å². The van der Waals surface area contributed by atoms with Crippen LogP contribution < -0.4 is 5.32 Å². The monoisotopic (exact) mass is 315 g/mol. The summed E-state index contributed by atoms with van der Waals surface area (Å²) < 4.78 is 19.1. The van der Waals surface area contributed by atoms with E-state index in [1.54, 1.807) is 6.07 Å². The van der Waals surface area contributed by atoms with Gasteiger partial charge in [0.05, 0.1) is 13.2 Å². The van der Waals surface area contributed by atoms with Crippen molar-refractivity contribution in [1.82, 2.24) is 5.32 Å². The first kappa shape index (κ1) is 15.3. The molecule has 0 aliphatic rings. The van der Waals surface area contributed by atoms with Crippen molar-refractivity contribution in [2.75, 3.05) is 19.8 Å². The van der Waals surface area contributed by atoms with Crippen molar-refractivity contribution in [3.8, 4) is 0 Å². The van der Waals surface area contributed by atoms with Crippen LogP contribution in [0.15, 0.2) is 34.8 Å². The Hall–Kier alpha value is -0.710. The molecule has 0 fully saturated rings. The van der Waals surface area contributed by atoms with E-state index in [1.807, 2.05) is 13.8 Å². The van der Waals surface area contributed by atoms with Crippen LogP contribution in [0.2, 0.25) is 0 Å². The number of hydrogen-bond donors (Lipinski definition) is 1. The molecule has 0 aliphatic carbocycles. The summed E-state index contributed by atoms with van der Waals surface area (Å²) in [5.74, 6) is -0.234. The van der Waals surface area contributed by atoms with Crippen LogP contribution in [0, 0.1) is 5.82 Å². The SMILES string of the molecule is C=C(C)COCCNC(C)c1ccc(F)cc1Br. The van der Waals surface area contributed by atoms with Crippen LogP contribution in [0.3, 0.4) is 0 Å². The maximum Gasteiger partial charge on any atom is 0.124 e. The van der Waals surface area contributed by atoms with Crippen molar-refractivity contribution >= 4 is 15.9 Å². The molecule has 0 radical (unpaired) electrons. The normalized spacial score (nSPS) is 12.4. The highest BCUT2D eigenvalue weighted by molar-refractivity contribution is 9.10. The minimum Gasteiger partial charge on any atom is -0.376 e. The Bertz CT molecular complexity index is 409. The van der Waals surface area contributed by atoms with Crippen molar-refractivity contribution in [1.29, 1.82) is 0 Å². The van der Waals surface area contributed by atoms with Crippen LogP contribution in [0.1, 0.15) is 25.5 Å². The van der Waals surface area contributed by atoms with Gasteiger partial charge >= 0.3 is 0 Å². The third kappa shape index (κ3) is 5.29. The molecule has 100 valence electrons. The zero-order valence-corrected chi connectivity index (χ0v) is 12.4. The molecule has 0 saturated heterocycles.